The molecule has 1 aromatic carbocycles. The topological polar surface area (TPSA) is 84.4 Å². The molecule has 1 N–H and O–H groups in total. The number of nitrogens with one attached hydrogen (secondary N) is 1. The number of carbonyl (C=O) groups is 2. The number of aryl methyl sites for hydroxylation is 3. The van der Waals surface area contributed by atoms with Gasteiger partial charge >= 0.3 is 0 Å². The van der Waals surface area contributed by atoms with E-state index in [4.69, 9.17) is 4.74 Å². The van der Waals surface area contributed by atoms with E-state index in [1.54, 1.807) is 36.5 Å². The summed E-state index contributed by atoms with van der Waals surface area (Å²) in [6, 6.07) is 10.2. The quantitative estimate of drug-likeness (QED) is 0.543. The first-order valence-corrected chi connectivity index (χ1v) is 10.7. The zero-order chi connectivity index (χ0) is 22.4. The van der Waals surface area contributed by atoms with E-state index < -0.39 is 6.04 Å². The van der Waals surface area contributed by atoms with Gasteiger partial charge in [0.05, 0.1) is 17.3 Å². The Hall–Kier alpha value is -3.10. The Morgan fingerprint density at radius 1 is 1.16 bits per heavy atom. The molecule has 1 atom stereocenters. The summed E-state index contributed by atoms with van der Waals surface area (Å²) in [7, 11) is 1.57. The van der Waals surface area contributed by atoms with Gasteiger partial charge in [0.1, 0.15) is 10.9 Å². The lowest BCUT2D eigenvalue weighted by molar-refractivity contribution is -0.122. The van der Waals surface area contributed by atoms with Crippen LogP contribution in [0.3, 0.4) is 0 Å². The Labute approximate surface area is 186 Å². The van der Waals surface area contributed by atoms with Gasteiger partial charge in [-0.3, -0.25) is 19.5 Å². The number of methoxy groups -OCH3 is 1. The van der Waals surface area contributed by atoms with Gasteiger partial charge in [-0.2, -0.15) is 0 Å². The maximum absolute atomic E-state index is 13.8. The molecule has 0 fully saturated rings. The summed E-state index contributed by atoms with van der Waals surface area (Å²) in [6.45, 7) is 6.34. The molecule has 3 rings (SSSR count). The van der Waals surface area contributed by atoms with Gasteiger partial charge in [-0.15, -0.1) is 11.3 Å². The summed E-state index contributed by atoms with van der Waals surface area (Å²) in [5.74, 6) is -0.561. The molecule has 0 radical (unpaired) electrons. The second-order valence-electron chi connectivity index (χ2n) is 7.13. The predicted molar refractivity (Wildman–Crippen MR) is 121 cm³/mol. The van der Waals surface area contributed by atoms with E-state index in [1.165, 1.54) is 11.3 Å². The summed E-state index contributed by atoms with van der Waals surface area (Å²) in [4.78, 5) is 37.7. The molecule has 0 bridgehead atoms. The molecule has 0 saturated carbocycles. The van der Waals surface area contributed by atoms with Crippen LogP contribution in [0.25, 0.3) is 0 Å². The normalized spacial score (nSPS) is 11.7. The van der Waals surface area contributed by atoms with Crippen LogP contribution in [0.1, 0.15) is 37.5 Å². The van der Waals surface area contributed by atoms with Crippen LogP contribution in [0.5, 0.6) is 0 Å². The number of rotatable bonds is 8. The summed E-state index contributed by atoms with van der Waals surface area (Å²) < 4.78 is 5.06. The van der Waals surface area contributed by atoms with Crippen molar-refractivity contribution in [2.75, 3.05) is 25.2 Å². The lowest BCUT2D eigenvalue weighted by atomic mass is 10.0. The van der Waals surface area contributed by atoms with E-state index in [9.17, 15) is 9.59 Å². The minimum absolute atomic E-state index is 0.266. The van der Waals surface area contributed by atoms with E-state index in [1.807, 2.05) is 45.0 Å². The van der Waals surface area contributed by atoms with E-state index >= 15 is 0 Å². The van der Waals surface area contributed by atoms with Gasteiger partial charge in [0.15, 0.2) is 0 Å². The Morgan fingerprint density at radius 2 is 1.90 bits per heavy atom. The first kappa shape index (κ1) is 22.6. The van der Waals surface area contributed by atoms with Crippen molar-refractivity contribution in [3.63, 3.8) is 0 Å². The molecule has 2 aromatic heterocycles. The highest BCUT2D eigenvalue weighted by atomic mass is 32.1. The van der Waals surface area contributed by atoms with Crippen molar-refractivity contribution in [1.82, 2.24) is 15.3 Å². The van der Waals surface area contributed by atoms with Crippen molar-refractivity contribution in [3.8, 4) is 0 Å². The second kappa shape index (κ2) is 10.3. The van der Waals surface area contributed by atoms with Crippen LogP contribution in [0, 0.1) is 20.8 Å². The Morgan fingerprint density at radius 3 is 2.52 bits per heavy atom. The zero-order valence-corrected chi connectivity index (χ0v) is 18.9. The fraction of sp³-hybridized carbons (Fsp3) is 0.304. The van der Waals surface area contributed by atoms with Gasteiger partial charge in [0.2, 0.25) is 5.91 Å². The second-order valence-corrected chi connectivity index (χ2v) is 8.33. The van der Waals surface area contributed by atoms with Gasteiger partial charge in [-0.25, -0.2) is 4.98 Å². The largest absolute Gasteiger partial charge is 0.383 e. The summed E-state index contributed by atoms with van der Waals surface area (Å²) in [5, 5.41) is 3.68. The number of aromatic nitrogens is 2. The summed E-state index contributed by atoms with van der Waals surface area (Å²) in [5.41, 5.74) is 2.94. The van der Waals surface area contributed by atoms with Crippen molar-refractivity contribution in [3.05, 3.63) is 75.5 Å². The van der Waals surface area contributed by atoms with E-state index in [-0.39, 0.29) is 11.8 Å². The number of anilines is 1. The van der Waals surface area contributed by atoms with Gasteiger partial charge in [-0.1, -0.05) is 12.1 Å². The lowest BCUT2D eigenvalue weighted by Gasteiger charge is -2.31. The van der Waals surface area contributed by atoms with Crippen molar-refractivity contribution in [1.29, 1.82) is 0 Å². The number of hydrogen-bond donors (Lipinski definition) is 1. The molecule has 0 aliphatic rings. The summed E-state index contributed by atoms with van der Waals surface area (Å²) >= 11 is 1.33. The average molecular weight is 439 g/mol. The Kier molecular flexibility index (Phi) is 7.49. The van der Waals surface area contributed by atoms with E-state index in [0.29, 0.717) is 35.0 Å². The van der Waals surface area contributed by atoms with Crippen LogP contribution >= 0.6 is 11.3 Å². The monoisotopic (exact) mass is 438 g/mol. The van der Waals surface area contributed by atoms with E-state index in [0.717, 1.165) is 10.6 Å². The number of carbonyl (C=O) groups excluding carboxylic acids is 2. The first-order valence-electron chi connectivity index (χ1n) is 9.93. The Balaban J connectivity index is 2.14. The number of hydrogen-bond acceptors (Lipinski definition) is 6. The average Bonchev–Trinajstić information content (AvgIpc) is 3.10. The standard InChI is InChI=1S/C23H26N4O3S/c1-15-6-5-7-19(14-15)27(23(29)21-16(2)26-17(3)31-21)20(18-8-10-24-11-9-18)22(28)25-12-13-30-4/h5-11,14,20H,12-13H2,1-4H3,(H,25,28)/t20-/m0/s1. The van der Waals surface area contributed by atoms with Gasteiger partial charge in [0, 0.05) is 31.7 Å². The predicted octanol–water partition coefficient (Wildman–Crippen LogP) is 3.61. The smallest absolute Gasteiger partial charge is 0.271 e. The molecule has 0 spiro atoms. The zero-order valence-electron chi connectivity index (χ0n) is 18.1. The highest BCUT2D eigenvalue weighted by Gasteiger charge is 2.34. The molecule has 0 aliphatic heterocycles. The number of ether oxygens (including phenoxy) is 1. The molecular weight excluding hydrogens is 412 g/mol. The molecule has 31 heavy (non-hydrogen) atoms. The number of nitrogens with zero attached hydrogens (tertiary/aromatic N) is 3. The molecule has 0 unspecified atom stereocenters. The maximum atomic E-state index is 13.8. The fourth-order valence-corrected chi connectivity index (χ4v) is 4.19. The van der Waals surface area contributed by atoms with Gasteiger partial charge in [-0.05, 0) is 56.2 Å². The van der Waals surface area contributed by atoms with Crippen molar-refractivity contribution < 1.29 is 14.3 Å². The molecule has 7 nitrogen and oxygen atoms in total. The van der Waals surface area contributed by atoms with Crippen LogP contribution in [0.2, 0.25) is 0 Å². The number of benzene rings is 1. The number of thiazole rings is 1. The molecule has 3 aromatic rings. The number of amides is 2. The summed E-state index contributed by atoms with van der Waals surface area (Å²) in [6.07, 6.45) is 3.23. The molecular formula is C23H26N4O3S. The molecule has 8 heteroatoms. The molecule has 0 aliphatic carbocycles. The van der Waals surface area contributed by atoms with Crippen molar-refractivity contribution in [2.45, 2.75) is 26.8 Å². The molecule has 0 saturated heterocycles. The number of pyridine rings is 1. The fourth-order valence-electron chi connectivity index (χ4n) is 3.34. The lowest BCUT2D eigenvalue weighted by Crippen LogP contribution is -2.44. The molecule has 2 heterocycles. The van der Waals surface area contributed by atoms with Gasteiger partial charge < -0.3 is 10.1 Å². The third-order valence-electron chi connectivity index (χ3n) is 4.73. The molecule has 162 valence electrons. The van der Waals surface area contributed by atoms with Crippen LogP contribution in [-0.2, 0) is 9.53 Å². The Bertz CT molecular complexity index is 1050. The van der Waals surface area contributed by atoms with Crippen LogP contribution in [0.4, 0.5) is 5.69 Å². The van der Waals surface area contributed by atoms with Gasteiger partial charge in [0.25, 0.3) is 5.91 Å². The van der Waals surface area contributed by atoms with Crippen LogP contribution < -0.4 is 10.2 Å². The SMILES string of the molecule is COCCNC(=O)[C@H](c1ccncc1)N(C(=O)c1sc(C)nc1C)c1cccc(C)c1. The first-order chi connectivity index (χ1) is 14.9. The highest BCUT2D eigenvalue weighted by Crippen LogP contribution is 2.32. The van der Waals surface area contributed by atoms with Crippen LogP contribution in [-0.4, -0.2) is 42.0 Å². The van der Waals surface area contributed by atoms with Crippen molar-refractivity contribution >= 4 is 28.8 Å². The third kappa shape index (κ3) is 5.34. The van der Waals surface area contributed by atoms with Crippen molar-refractivity contribution in [2.24, 2.45) is 0 Å². The minimum Gasteiger partial charge on any atom is -0.383 e. The molecule has 2 amide bonds. The third-order valence-corrected chi connectivity index (χ3v) is 5.79. The van der Waals surface area contributed by atoms with E-state index in [2.05, 4.69) is 15.3 Å². The van der Waals surface area contributed by atoms with Crippen LogP contribution in [0.15, 0.2) is 48.8 Å². The minimum atomic E-state index is -0.879. The maximum Gasteiger partial charge on any atom is 0.271 e. The highest BCUT2D eigenvalue weighted by molar-refractivity contribution is 7.13.